The van der Waals surface area contributed by atoms with Crippen molar-refractivity contribution in [3.63, 3.8) is 0 Å². The molecule has 0 spiro atoms. The maximum absolute atomic E-state index is 10.8. The van der Waals surface area contributed by atoms with Crippen molar-refractivity contribution in [2.45, 2.75) is 19.4 Å². The predicted octanol–water partition coefficient (Wildman–Crippen LogP) is -0.859. The molecule has 0 aliphatic heterocycles. The van der Waals surface area contributed by atoms with Crippen LogP contribution in [0.4, 0.5) is 4.79 Å². The minimum atomic E-state index is -1.55. The van der Waals surface area contributed by atoms with E-state index in [1.165, 1.54) is 0 Å². The number of amides is 2. The quantitative estimate of drug-likeness (QED) is 0.453. The molecule has 0 saturated carbocycles. The Kier molecular flexibility index (Phi) is 5.62. The van der Waals surface area contributed by atoms with E-state index in [-0.39, 0.29) is 6.54 Å². The Morgan fingerprint density at radius 2 is 2.00 bits per heavy atom. The molecule has 1 atom stereocenters. The maximum Gasteiger partial charge on any atom is 0.334 e. The van der Waals surface area contributed by atoms with Crippen molar-refractivity contribution in [1.29, 1.82) is 0 Å². The molecule has 0 aliphatic rings. The zero-order valence-electron chi connectivity index (χ0n) is 7.41. The number of carboxylic acid groups (broad SMARTS) is 1. The highest BCUT2D eigenvalue weighted by Gasteiger charge is 2.13. The zero-order chi connectivity index (χ0) is 10.3. The van der Waals surface area contributed by atoms with Crippen LogP contribution >= 0.6 is 0 Å². The first kappa shape index (κ1) is 11.7. The summed E-state index contributed by atoms with van der Waals surface area (Å²) in [5, 5.41) is 21.7. The van der Waals surface area contributed by atoms with E-state index in [1.54, 1.807) is 0 Å². The van der Waals surface area contributed by atoms with E-state index in [0.29, 0.717) is 6.54 Å². The summed E-state index contributed by atoms with van der Waals surface area (Å²) < 4.78 is 0. The van der Waals surface area contributed by atoms with Crippen LogP contribution in [0.1, 0.15) is 13.3 Å². The van der Waals surface area contributed by atoms with Crippen molar-refractivity contribution in [2.75, 3.05) is 13.1 Å². The Hall–Kier alpha value is -1.30. The van der Waals surface area contributed by atoms with E-state index in [0.717, 1.165) is 6.42 Å². The third-order valence-electron chi connectivity index (χ3n) is 1.28. The maximum atomic E-state index is 10.8. The Bertz CT molecular complexity index is 183. The largest absolute Gasteiger partial charge is 0.479 e. The molecule has 0 aromatic heterocycles. The number of hydrogen-bond acceptors (Lipinski definition) is 3. The van der Waals surface area contributed by atoms with Crippen LogP contribution in [-0.4, -0.2) is 41.4 Å². The molecule has 0 radical (unpaired) electrons. The lowest BCUT2D eigenvalue weighted by Gasteiger charge is -2.08. The molecule has 13 heavy (non-hydrogen) atoms. The lowest BCUT2D eigenvalue weighted by atomic mass is 10.4. The standard InChI is InChI=1S/C7H14N2O4/c1-2-3-8-7(13)9-4-5(10)6(11)12/h5,10H,2-4H2,1H3,(H,11,12)(H2,8,9,13)/t5-/m0/s1. The number of urea groups is 1. The molecule has 2 amide bonds. The van der Waals surface area contributed by atoms with Crippen LogP contribution in [0, 0.1) is 0 Å². The molecule has 0 bridgehead atoms. The first-order chi connectivity index (χ1) is 6.07. The van der Waals surface area contributed by atoms with Gasteiger partial charge >= 0.3 is 12.0 Å². The van der Waals surface area contributed by atoms with Crippen molar-refractivity contribution in [3.8, 4) is 0 Å². The molecule has 0 unspecified atom stereocenters. The van der Waals surface area contributed by atoms with Crippen LogP contribution in [0.2, 0.25) is 0 Å². The molecule has 0 saturated heterocycles. The zero-order valence-corrected chi connectivity index (χ0v) is 7.41. The summed E-state index contributed by atoms with van der Waals surface area (Å²) in [7, 11) is 0. The van der Waals surface area contributed by atoms with E-state index >= 15 is 0 Å². The van der Waals surface area contributed by atoms with Crippen molar-refractivity contribution >= 4 is 12.0 Å². The summed E-state index contributed by atoms with van der Waals surface area (Å²) in [5.74, 6) is -1.35. The third kappa shape index (κ3) is 5.92. The minimum Gasteiger partial charge on any atom is -0.479 e. The van der Waals surface area contributed by atoms with Gasteiger partial charge in [0.1, 0.15) is 0 Å². The molecule has 0 heterocycles. The van der Waals surface area contributed by atoms with E-state index < -0.39 is 18.1 Å². The fourth-order valence-corrected chi connectivity index (χ4v) is 0.578. The number of carboxylic acids is 1. The lowest BCUT2D eigenvalue weighted by Crippen LogP contribution is -2.42. The van der Waals surface area contributed by atoms with Gasteiger partial charge in [-0.25, -0.2) is 9.59 Å². The molecule has 0 aromatic carbocycles. The number of carbonyl (C=O) groups excluding carboxylic acids is 1. The molecule has 6 nitrogen and oxygen atoms in total. The van der Waals surface area contributed by atoms with Gasteiger partial charge in [-0.1, -0.05) is 6.92 Å². The van der Waals surface area contributed by atoms with Gasteiger partial charge in [0.05, 0.1) is 6.54 Å². The molecular formula is C7H14N2O4. The lowest BCUT2D eigenvalue weighted by molar-refractivity contribution is -0.146. The Labute approximate surface area is 75.9 Å². The monoisotopic (exact) mass is 190 g/mol. The van der Waals surface area contributed by atoms with Gasteiger partial charge in [0.25, 0.3) is 0 Å². The average molecular weight is 190 g/mol. The molecule has 0 fully saturated rings. The first-order valence-electron chi connectivity index (χ1n) is 4.00. The topological polar surface area (TPSA) is 98.7 Å². The van der Waals surface area contributed by atoms with Gasteiger partial charge in [0.15, 0.2) is 6.10 Å². The highest BCUT2D eigenvalue weighted by molar-refractivity contribution is 5.76. The predicted molar refractivity (Wildman–Crippen MR) is 45.3 cm³/mol. The van der Waals surface area contributed by atoms with Crippen molar-refractivity contribution in [2.24, 2.45) is 0 Å². The Balaban J connectivity index is 3.52. The molecule has 6 heteroatoms. The summed E-state index contributed by atoms with van der Waals surface area (Å²) in [5.41, 5.74) is 0. The summed E-state index contributed by atoms with van der Waals surface area (Å²) in [6.07, 6.45) is -0.748. The molecule has 4 N–H and O–H groups in total. The SMILES string of the molecule is CCCNC(=O)NC[C@H](O)C(=O)O. The number of hydrogen-bond donors (Lipinski definition) is 4. The number of aliphatic hydroxyl groups excluding tert-OH is 1. The highest BCUT2D eigenvalue weighted by atomic mass is 16.4. The van der Waals surface area contributed by atoms with Crippen molar-refractivity contribution < 1.29 is 19.8 Å². The van der Waals surface area contributed by atoms with Crippen LogP contribution in [0.15, 0.2) is 0 Å². The third-order valence-corrected chi connectivity index (χ3v) is 1.28. The Morgan fingerprint density at radius 3 is 2.46 bits per heavy atom. The summed E-state index contributed by atoms with van der Waals surface area (Å²) in [6.45, 7) is 2.13. The van der Waals surface area contributed by atoms with Crippen LogP contribution < -0.4 is 10.6 Å². The second-order valence-corrected chi connectivity index (χ2v) is 2.49. The number of nitrogens with one attached hydrogen (secondary N) is 2. The average Bonchev–Trinajstić information content (AvgIpc) is 2.10. The minimum absolute atomic E-state index is 0.287. The molecular weight excluding hydrogens is 176 g/mol. The van der Waals surface area contributed by atoms with Gasteiger partial charge in [-0.05, 0) is 6.42 Å². The van der Waals surface area contributed by atoms with Crippen LogP contribution in [0.25, 0.3) is 0 Å². The number of carbonyl (C=O) groups is 2. The second-order valence-electron chi connectivity index (χ2n) is 2.49. The van der Waals surface area contributed by atoms with Gasteiger partial charge in [0, 0.05) is 6.54 Å². The van der Waals surface area contributed by atoms with Crippen LogP contribution in [-0.2, 0) is 4.79 Å². The molecule has 0 rings (SSSR count). The molecule has 0 aliphatic carbocycles. The van der Waals surface area contributed by atoms with E-state index in [1.807, 2.05) is 6.92 Å². The fourth-order valence-electron chi connectivity index (χ4n) is 0.578. The van der Waals surface area contributed by atoms with Gasteiger partial charge in [-0.3, -0.25) is 0 Å². The van der Waals surface area contributed by atoms with E-state index in [9.17, 15) is 9.59 Å². The van der Waals surface area contributed by atoms with Crippen molar-refractivity contribution in [3.05, 3.63) is 0 Å². The fraction of sp³-hybridized carbons (Fsp3) is 0.714. The van der Waals surface area contributed by atoms with Crippen molar-refractivity contribution in [1.82, 2.24) is 10.6 Å². The normalized spacial score (nSPS) is 11.8. The van der Waals surface area contributed by atoms with Gasteiger partial charge in [0.2, 0.25) is 0 Å². The van der Waals surface area contributed by atoms with Gasteiger partial charge < -0.3 is 20.8 Å². The first-order valence-corrected chi connectivity index (χ1v) is 4.00. The molecule has 0 aromatic rings. The number of aliphatic hydroxyl groups is 1. The summed E-state index contributed by atoms with van der Waals surface area (Å²) >= 11 is 0. The summed E-state index contributed by atoms with van der Waals surface area (Å²) in [4.78, 5) is 20.9. The summed E-state index contributed by atoms with van der Waals surface area (Å²) in [6, 6.07) is -0.470. The second kappa shape index (κ2) is 6.24. The van der Waals surface area contributed by atoms with Crippen LogP contribution in [0.3, 0.4) is 0 Å². The Morgan fingerprint density at radius 1 is 1.38 bits per heavy atom. The number of rotatable bonds is 5. The van der Waals surface area contributed by atoms with Crippen LogP contribution in [0.5, 0.6) is 0 Å². The smallest absolute Gasteiger partial charge is 0.334 e. The molecule has 76 valence electrons. The highest BCUT2D eigenvalue weighted by Crippen LogP contribution is 1.79. The van der Waals surface area contributed by atoms with Gasteiger partial charge in [-0.15, -0.1) is 0 Å². The number of aliphatic carboxylic acids is 1. The van der Waals surface area contributed by atoms with Gasteiger partial charge in [-0.2, -0.15) is 0 Å². The van der Waals surface area contributed by atoms with E-state index in [4.69, 9.17) is 10.2 Å². The van der Waals surface area contributed by atoms with E-state index in [2.05, 4.69) is 10.6 Å².